The molecule has 0 radical (unpaired) electrons. The highest BCUT2D eigenvalue weighted by atomic mass is 16.2. The number of nitrogens with one attached hydrogen (secondary N) is 2. The number of rotatable bonds is 5. The minimum Gasteiger partial charge on any atom is -0.333 e. The van der Waals surface area contributed by atoms with Gasteiger partial charge in [-0.25, -0.2) is 4.98 Å². The summed E-state index contributed by atoms with van der Waals surface area (Å²) in [7, 11) is 1.89. The Kier molecular flexibility index (Phi) is 4.19. The number of carbonyl (C=O) groups excluding carboxylic acids is 1. The van der Waals surface area contributed by atoms with Crippen molar-refractivity contribution in [2.45, 2.75) is 26.3 Å². The van der Waals surface area contributed by atoms with Crippen LogP contribution in [-0.4, -0.2) is 31.7 Å². The molecule has 4 N–H and O–H groups in total. The van der Waals surface area contributed by atoms with Gasteiger partial charge in [-0.05, 0) is 5.92 Å². The Morgan fingerprint density at radius 3 is 2.95 bits per heavy atom. The Balaban J connectivity index is 2.07. The Morgan fingerprint density at radius 1 is 1.60 bits per heavy atom. The fourth-order valence-electron chi connectivity index (χ4n) is 1.85. The van der Waals surface area contributed by atoms with E-state index in [2.05, 4.69) is 20.5 Å². The minimum absolute atomic E-state index is 0.128. The summed E-state index contributed by atoms with van der Waals surface area (Å²) in [6.45, 7) is 3.96. The smallest absolute Gasteiger partial charge is 0.242 e. The number of nitrogens with zero attached hydrogens (tertiary/aromatic N) is 3. The zero-order chi connectivity index (χ0) is 14.7. The van der Waals surface area contributed by atoms with Crippen LogP contribution >= 0.6 is 0 Å². The van der Waals surface area contributed by atoms with Crippen molar-refractivity contribution >= 4 is 11.7 Å². The van der Waals surface area contributed by atoms with E-state index in [1.54, 1.807) is 12.3 Å². The lowest BCUT2D eigenvalue weighted by atomic mass is 9.99. The molecule has 7 heteroatoms. The van der Waals surface area contributed by atoms with Crippen LogP contribution in [0.4, 0.5) is 5.82 Å². The standard InChI is InChI=1S/C13H20N6O/c1-4-8(2)11(14)13(20)16-10-7-9(17-18-10)12-15-5-6-19(12)3/h5-8,11H,4,14H2,1-3H3,(H2,16,17,18,20). The number of anilines is 1. The average molecular weight is 276 g/mol. The molecule has 0 saturated carbocycles. The number of nitrogens with two attached hydrogens (primary N) is 1. The number of H-pyrrole nitrogens is 1. The van der Waals surface area contributed by atoms with Crippen LogP contribution in [-0.2, 0) is 11.8 Å². The van der Waals surface area contributed by atoms with Gasteiger partial charge in [-0.15, -0.1) is 0 Å². The van der Waals surface area contributed by atoms with Gasteiger partial charge in [-0.1, -0.05) is 20.3 Å². The van der Waals surface area contributed by atoms with E-state index in [0.29, 0.717) is 5.82 Å². The lowest BCUT2D eigenvalue weighted by Crippen LogP contribution is -2.40. The highest BCUT2D eigenvalue weighted by Gasteiger charge is 2.20. The number of aromatic nitrogens is 4. The van der Waals surface area contributed by atoms with Crippen LogP contribution in [0.15, 0.2) is 18.5 Å². The summed E-state index contributed by atoms with van der Waals surface area (Å²) in [5, 5.41) is 9.62. The normalized spacial score (nSPS) is 14.0. The van der Waals surface area contributed by atoms with Crippen molar-refractivity contribution in [3.63, 3.8) is 0 Å². The van der Waals surface area contributed by atoms with Crippen LogP contribution in [0.2, 0.25) is 0 Å². The fraction of sp³-hybridized carbons (Fsp3) is 0.462. The predicted octanol–water partition coefficient (Wildman–Crippen LogP) is 1.12. The average Bonchev–Trinajstić information content (AvgIpc) is 3.05. The first-order chi connectivity index (χ1) is 9.52. The molecule has 0 fully saturated rings. The minimum atomic E-state index is -0.534. The molecular weight excluding hydrogens is 256 g/mol. The van der Waals surface area contributed by atoms with E-state index in [1.165, 1.54) is 0 Å². The molecule has 2 rings (SSSR count). The summed E-state index contributed by atoms with van der Waals surface area (Å²) < 4.78 is 1.87. The van der Waals surface area contributed by atoms with Crippen LogP contribution in [0.3, 0.4) is 0 Å². The number of amides is 1. The highest BCUT2D eigenvalue weighted by molar-refractivity contribution is 5.94. The monoisotopic (exact) mass is 276 g/mol. The number of carbonyl (C=O) groups is 1. The molecule has 7 nitrogen and oxygen atoms in total. The van der Waals surface area contributed by atoms with Gasteiger partial charge < -0.3 is 15.6 Å². The second kappa shape index (κ2) is 5.87. The molecule has 108 valence electrons. The zero-order valence-electron chi connectivity index (χ0n) is 11.9. The molecule has 2 aromatic heterocycles. The van der Waals surface area contributed by atoms with Gasteiger partial charge in [0.15, 0.2) is 11.6 Å². The van der Waals surface area contributed by atoms with E-state index in [-0.39, 0.29) is 11.8 Å². The molecule has 2 atom stereocenters. The zero-order valence-corrected chi connectivity index (χ0v) is 11.9. The third kappa shape index (κ3) is 2.88. The molecule has 0 aliphatic carbocycles. The van der Waals surface area contributed by atoms with Gasteiger partial charge in [0.2, 0.25) is 5.91 Å². The Morgan fingerprint density at radius 2 is 2.35 bits per heavy atom. The van der Waals surface area contributed by atoms with E-state index < -0.39 is 6.04 Å². The molecule has 0 spiro atoms. The molecule has 2 aromatic rings. The van der Waals surface area contributed by atoms with E-state index in [0.717, 1.165) is 17.9 Å². The maximum absolute atomic E-state index is 12.0. The van der Waals surface area contributed by atoms with Gasteiger partial charge in [0, 0.05) is 25.5 Å². The van der Waals surface area contributed by atoms with Crippen molar-refractivity contribution in [3.05, 3.63) is 18.5 Å². The molecule has 2 heterocycles. The molecule has 0 aliphatic rings. The lowest BCUT2D eigenvalue weighted by molar-refractivity contribution is -0.118. The van der Waals surface area contributed by atoms with E-state index in [4.69, 9.17) is 5.73 Å². The quantitative estimate of drug-likeness (QED) is 0.761. The summed E-state index contributed by atoms with van der Waals surface area (Å²) in [6, 6.07) is 1.21. The van der Waals surface area contributed by atoms with Crippen LogP contribution < -0.4 is 11.1 Å². The van der Waals surface area contributed by atoms with Crippen LogP contribution in [0, 0.1) is 5.92 Å². The van der Waals surface area contributed by atoms with Gasteiger partial charge in [-0.3, -0.25) is 9.89 Å². The van der Waals surface area contributed by atoms with Gasteiger partial charge >= 0.3 is 0 Å². The maximum atomic E-state index is 12.0. The number of hydrogen-bond donors (Lipinski definition) is 3. The molecule has 0 saturated heterocycles. The third-order valence-corrected chi connectivity index (χ3v) is 3.45. The second-order valence-corrected chi connectivity index (χ2v) is 4.93. The molecule has 0 aliphatic heterocycles. The predicted molar refractivity (Wildman–Crippen MR) is 76.8 cm³/mol. The highest BCUT2D eigenvalue weighted by Crippen LogP contribution is 2.17. The van der Waals surface area contributed by atoms with E-state index in [9.17, 15) is 4.79 Å². The van der Waals surface area contributed by atoms with Crippen molar-refractivity contribution in [1.82, 2.24) is 19.7 Å². The largest absolute Gasteiger partial charge is 0.333 e. The Labute approximate surface area is 117 Å². The lowest BCUT2D eigenvalue weighted by Gasteiger charge is -2.16. The first kappa shape index (κ1) is 14.3. The van der Waals surface area contributed by atoms with Crippen LogP contribution in [0.5, 0.6) is 0 Å². The van der Waals surface area contributed by atoms with Gasteiger partial charge in [0.25, 0.3) is 0 Å². The van der Waals surface area contributed by atoms with Crippen molar-refractivity contribution < 1.29 is 4.79 Å². The summed E-state index contributed by atoms with van der Waals surface area (Å²) >= 11 is 0. The molecule has 20 heavy (non-hydrogen) atoms. The number of aromatic amines is 1. The first-order valence-electron chi connectivity index (χ1n) is 6.62. The first-order valence-corrected chi connectivity index (χ1v) is 6.62. The summed E-state index contributed by atoms with van der Waals surface area (Å²) in [5.74, 6) is 1.11. The van der Waals surface area contributed by atoms with E-state index in [1.807, 2.05) is 31.7 Å². The number of imidazole rings is 1. The van der Waals surface area contributed by atoms with E-state index >= 15 is 0 Å². The van der Waals surface area contributed by atoms with Gasteiger partial charge in [0.1, 0.15) is 5.69 Å². The maximum Gasteiger partial charge on any atom is 0.242 e. The van der Waals surface area contributed by atoms with Crippen LogP contribution in [0.25, 0.3) is 11.5 Å². The molecule has 2 unspecified atom stereocenters. The van der Waals surface area contributed by atoms with Crippen molar-refractivity contribution in [3.8, 4) is 11.5 Å². The Hall–Kier alpha value is -2.15. The number of hydrogen-bond acceptors (Lipinski definition) is 4. The summed E-state index contributed by atoms with van der Waals surface area (Å²) in [5.41, 5.74) is 6.62. The molecule has 0 aromatic carbocycles. The third-order valence-electron chi connectivity index (χ3n) is 3.45. The number of aryl methyl sites for hydroxylation is 1. The van der Waals surface area contributed by atoms with Crippen molar-refractivity contribution in [1.29, 1.82) is 0 Å². The fourth-order valence-corrected chi connectivity index (χ4v) is 1.85. The summed E-state index contributed by atoms with van der Waals surface area (Å²) in [4.78, 5) is 16.2. The van der Waals surface area contributed by atoms with Gasteiger partial charge in [0.05, 0.1) is 6.04 Å². The van der Waals surface area contributed by atoms with Crippen molar-refractivity contribution in [2.24, 2.45) is 18.7 Å². The topological polar surface area (TPSA) is 102 Å². The summed E-state index contributed by atoms with van der Waals surface area (Å²) in [6.07, 6.45) is 4.40. The Bertz CT molecular complexity index is 587. The van der Waals surface area contributed by atoms with Crippen LogP contribution in [0.1, 0.15) is 20.3 Å². The molecule has 0 bridgehead atoms. The van der Waals surface area contributed by atoms with Gasteiger partial charge in [-0.2, -0.15) is 5.10 Å². The second-order valence-electron chi connectivity index (χ2n) is 4.93. The van der Waals surface area contributed by atoms with Crippen molar-refractivity contribution in [2.75, 3.05) is 5.32 Å². The molecule has 1 amide bonds. The molecular formula is C13H20N6O. The SMILES string of the molecule is CCC(C)C(N)C(=O)Nc1cc(-c2nccn2C)[nH]n1.